The fourth-order valence-electron chi connectivity index (χ4n) is 1.62. The molecular formula is C12H10FN5OS2. The molecule has 21 heavy (non-hydrogen) atoms. The summed E-state index contributed by atoms with van der Waals surface area (Å²) in [5.41, 5.74) is 0.661. The van der Waals surface area contributed by atoms with Crippen molar-refractivity contribution in [3.63, 3.8) is 0 Å². The van der Waals surface area contributed by atoms with E-state index in [9.17, 15) is 9.18 Å². The topological polar surface area (TPSA) is 83.6 Å². The molecule has 0 spiro atoms. The lowest BCUT2D eigenvalue weighted by Crippen LogP contribution is -2.13. The first-order chi connectivity index (χ1) is 10.1. The van der Waals surface area contributed by atoms with Gasteiger partial charge in [0.25, 0.3) is 0 Å². The molecule has 0 saturated heterocycles. The third kappa shape index (κ3) is 3.37. The summed E-state index contributed by atoms with van der Waals surface area (Å²) in [5.74, 6) is 0.356. The van der Waals surface area contributed by atoms with Crippen molar-refractivity contribution in [3.8, 4) is 0 Å². The SMILES string of the molecule is Cc1nc(SCC(=O)Nc2nc3ccc(F)cc3s2)n[nH]1. The number of fused-ring (bicyclic) bond motifs is 1. The van der Waals surface area contributed by atoms with Crippen molar-refractivity contribution < 1.29 is 9.18 Å². The average molecular weight is 323 g/mol. The van der Waals surface area contributed by atoms with Gasteiger partial charge in [0.1, 0.15) is 11.6 Å². The van der Waals surface area contributed by atoms with Crippen LogP contribution in [-0.2, 0) is 4.79 Å². The number of aromatic amines is 1. The number of H-pyrrole nitrogens is 1. The third-order valence-electron chi connectivity index (χ3n) is 2.51. The summed E-state index contributed by atoms with van der Waals surface area (Å²) < 4.78 is 13.8. The fourth-order valence-corrected chi connectivity index (χ4v) is 3.18. The van der Waals surface area contributed by atoms with E-state index in [1.807, 2.05) is 0 Å². The van der Waals surface area contributed by atoms with Crippen LogP contribution in [0.2, 0.25) is 0 Å². The summed E-state index contributed by atoms with van der Waals surface area (Å²) in [4.78, 5) is 20.2. The molecule has 2 aromatic heterocycles. The zero-order chi connectivity index (χ0) is 14.8. The van der Waals surface area contributed by atoms with Gasteiger partial charge in [-0.15, -0.1) is 5.10 Å². The Balaban J connectivity index is 1.63. The molecule has 1 aromatic carbocycles. The highest BCUT2D eigenvalue weighted by atomic mass is 32.2. The van der Waals surface area contributed by atoms with E-state index in [1.54, 1.807) is 13.0 Å². The van der Waals surface area contributed by atoms with Crippen molar-refractivity contribution in [1.29, 1.82) is 0 Å². The number of rotatable bonds is 4. The van der Waals surface area contributed by atoms with Crippen molar-refractivity contribution in [2.75, 3.05) is 11.1 Å². The van der Waals surface area contributed by atoms with Gasteiger partial charge in [0.2, 0.25) is 11.1 Å². The highest BCUT2D eigenvalue weighted by molar-refractivity contribution is 7.99. The van der Waals surface area contributed by atoms with Crippen LogP contribution in [0.3, 0.4) is 0 Å². The number of anilines is 1. The molecular weight excluding hydrogens is 313 g/mol. The highest BCUT2D eigenvalue weighted by Crippen LogP contribution is 2.26. The van der Waals surface area contributed by atoms with Gasteiger partial charge in [-0.2, -0.15) is 0 Å². The second-order valence-electron chi connectivity index (χ2n) is 4.17. The molecule has 6 nitrogen and oxygen atoms in total. The van der Waals surface area contributed by atoms with Crippen LogP contribution < -0.4 is 5.32 Å². The minimum absolute atomic E-state index is 0.182. The molecule has 2 N–H and O–H groups in total. The van der Waals surface area contributed by atoms with Gasteiger partial charge in [0, 0.05) is 0 Å². The van der Waals surface area contributed by atoms with E-state index in [-0.39, 0.29) is 17.5 Å². The van der Waals surface area contributed by atoms with E-state index in [0.717, 1.165) is 0 Å². The van der Waals surface area contributed by atoms with Gasteiger partial charge in [-0.1, -0.05) is 23.1 Å². The molecule has 0 aliphatic carbocycles. The zero-order valence-corrected chi connectivity index (χ0v) is 12.5. The summed E-state index contributed by atoms with van der Waals surface area (Å²) >= 11 is 2.47. The molecule has 0 aliphatic heterocycles. The molecule has 0 bridgehead atoms. The summed E-state index contributed by atoms with van der Waals surface area (Å²) in [7, 11) is 0. The van der Waals surface area contributed by atoms with E-state index in [1.165, 1.54) is 35.2 Å². The second kappa shape index (κ2) is 5.78. The van der Waals surface area contributed by atoms with Crippen LogP contribution in [0.25, 0.3) is 10.2 Å². The number of aromatic nitrogens is 4. The van der Waals surface area contributed by atoms with Crippen LogP contribution in [0.1, 0.15) is 5.82 Å². The summed E-state index contributed by atoms with van der Waals surface area (Å²) in [5, 5.41) is 10.3. The van der Waals surface area contributed by atoms with Crippen LogP contribution in [-0.4, -0.2) is 31.8 Å². The van der Waals surface area contributed by atoms with Crippen LogP contribution in [0.15, 0.2) is 23.4 Å². The van der Waals surface area contributed by atoms with Crippen LogP contribution >= 0.6 is 23.1 Å². The second-order valence-corrected chi connectivity index (χ2v) is 6.14. The normalized spacial score (nSPS) is 11.0. The number of aryl methyl sites for hydroxylation is 1. The van der Waals surface area contributed by atoms with Gasteiger partial charge in [-0.3, -0.25) is 9.89 Å². The van der Waals surface area contributed by atoms with Crippen molar-refractivity contribution in [1.82, 2.24) is 20.2 Å². The Hall–Kier alpha value is -2.00. The third-order valence-corrected chi connectivity index (χ3v) is 4.29. The molecule has 0 unspecified atom stereocenters. The maximum atomic E-state index is 13.1. The number of carbonyl (C=O) groups excluding carboxylic acids is 1. The minimum Gasteiger partial charge on any atom is -0.301 e. The Morgan fingerprint density at radius 2 is 2.33 bits per heavy atom. The molecule has 2 heterocycles. The Bertz CT molecular complexity index is 800. The molecule has 1 amide bonds. The number of nitrogens with one attached hydrogen (secondary N) is 2. The lowest BCUT2D eigenvalue weighted by molar-refractivity contribution is -0.113. The number of nitrogens with zero attached hydrogens (tertiary/aromatic N) is 3. The van der Waals surface area contributed by atoms with Gasteiger partial charge in [0.15, 0.2) is 5.13 Å². The molecule has 3 aromatic rings. The van der Waals surface area contributed by atoms with Crippen LogP contribution in [0.4, 0.5) is 9.52 Å². The van der Waals surface area contributed by atoms with Crippen LogP contribution in [0, 0.1) is 12.7 Å². The van der Waals surface area contributed by atoms with Gasteiger partial charge >= 0.3 is 0 Å². The van der Waals surface area contributed by atoms with Gasteiger partial charge in [0.05, 0.1) is 16.0 Å². The summed E-state index contributed by atoms with van der Waals surface area (Å²) in [6.45, 7) is 1.79. The number of benzene rings is 1. The lowest BCUT2D eigenvalue weighted by Gasteiger charge is -1.98. The number of halogens is 1. The predicted molar refractivity (Wildman–Crippen MR) is 80.1 cm³/mol. The van der Waals surface area contributed by atoms with Crippen molar-refractivity contribution in [3.05, 3.63) is 29.8 Å². The van der Waals surface area contributed by atoms with Gasteiger partial charge < -0.3 is 5.32 Å². The molecule has 3 rings (SSSR count). The van der Waals surface area contributed by atoms with E-state index in [0.29, 0.717) is 26.3 Å². The standard InChI is InChI=1S/C12H10FN5OS2/c1-6-14-12(18-17-6)20-5-10(19)16-11-15-8-3-2-7(13)4-9(8)21-11/h2-4H,5H2,1H3,(H,14,17,18)(H,15,16,19). The molecule has 0 radical (unpaired) electrons. The smallest absolute Gasteiger partial charge is 0.236 e. The first kappa shape index (κ1) is 14.0. The van der Waals surface area contributed by atoms with Crippen LogP contribution in [0.5, 0.6) is 0 Å². The van der Waals surface area contributed by atoms with Crippen molar-refractivity contribution in [2.24, 2.45) is 0 Å². The monoisotopic (exact) mass is 323 g/mol. The zero-order valence-electron chi connectivity index (χ0n) is 10.9. The number of thiazole rings is 1. The molecule has 0 saturated carbocycles. The molecule has 9 heteroatoms. The van der Waals surface area contributed by atoms with Gasteiger partial charge in [-0.05, 0) is 25.1 Å². The quantitative estimate of drug-likeness (QED) is 0.721. The first-order valence-electron chi connectivity index (χ1n) is 5.98. The Morgan fingerprint density at radius 3 is 3.10 bits per heavy atom. The number of thioether (sulfide) groups is 1. The Kier molecular flexibility index (Phi) is 3.84. The number of carbonyl (C=O) groups is 1. The highest BCUT2D eigenvalue weighted by Gasteiger charge is 2.10. The largest absolute Gasteiger partial charge is 0.301 e. The van der Waals surface area contributed by atoms with E-state index < -0.39 is 0 Å². The number of hydrogen-bond acceptors (Lipinski definition) is 6. The summed E-state index contributed by atoms with van der Waals surface area (Å²) in [6.07, 6.45) is 0. The average Bonchev–Trinajstić information content (AvgIpc) is 3.01. The number of amides is 1. The Labute approximate surface area is 127 Å². The summed E-state index contributed by atoms with van der Waals surface area (Å²) in [6, 6.07) is 4.32. The first-order valence-corrected chi connectivity index (χ1v) is 7.78. The fraction of sp³-hybridized carbons (Fsp3) is 0.167. The van der Waals surface area contributed by atoms with Gasteiger partial charge in [-0.25, -0.2) is 14.4 Å². The number of hydrogen-bond donors (Lipinski definition) is 2. The Morgan fingerprint density at radius 1 is 1.48 bits per heavy atom. The molecule has 108 valence electrons. The maximum absolute atomic E-state index is 13.1. The van der Waals surface area contributed by atoms with Crippen molar-refractivity contribution in [2.45, 2.75) is 12.1 Å². The van der Waals surface area contributed by atoms with E-state index in [2.05, 4.69) is 25.5 Å². The maximum Gasteiger partial charge on any atom is 0.236 e. The van der Waals surface area contributed by atoms with E-state index in [4.69, 9.17) is 0 Å². The lowest BCUT2D eigenvalue weighted by atomic mass is 10.3. The predicted octanol–water partition coefficient (Wildman–Crippen LogP) is 2.59. The van der Waals surface area contributed by atoms with E-state index >= 15 is 0 Å². The molecule has 0 atom stereocenters. The minimum atomic E-state index is -0.320. The van der Waals surface area contributed by atoms with Crippen molar-refractivity contribution >= 4 is 44.4 Å². The molecule has 0 aliphatic rings. The molecule has 0 fully saturated rings.